The average Bonchev–Trinajstić information content (AvgIpc) is 2.66. The molecule has 0 bridgehead atoms. The van der Waals surface area contributed by atoms with Crippen molar-refractivity contribution in [2.75, 3.05) is 19.6 Å². The van der Waals surface area contributed by atoms with Crippen molar-refractivity contribution in [2.45, 2.75) is 39.4 Å². The van der Waals surface area contributed by atoms with Crippen molar-refractivity contribution in [2.24, 2.45) is 0 Å². The van der Waals surface area contributed by atoms with E-state index in [1.165, 1.54) is 5.56 Å². The van der Waals surface area contributed by atoms with Gasteiger partial charge in [-0.1, -0.05) is 0 Å². The molecule has 0 spiro atoms. The highest BCUT2D eigenvalue weighted by atomic mass is 15.3. The highest BCUT2D eigenvalue weighted by Gasteiger charge is 2.16. The minimum atomic E-state index is 0.454. The predicted octanol–water partition coefficient (Wildman–Crippen LogP) is 1.26. The third-order valence-corrected chi connectivity index (χ3v) is 3.04. The van der Waals surface area contributed by atoms with E-state index in [4.69, 9.17) is 0 Å². The smallest absolute Gasteiger partial charge is 0.0534 e. The number of hydrogen-bond acceptors (Lipinski definition) is 3. The molecule has 0 radical (unpaired) electrons. The summed E-state index contributed by atoms with van der Waals surface area (Å²) in [5.41, 5.74) is 1.32. The summed E-state index contributed by atoms with van der Waals surface area (Å²) in [6.45, 7) is 10.9. The van der Waals surface area contributed by atoms with Crippen LogP contribution in [0.15, 0.2) is 12.4 Å². The van der Waals surface area contributed by atoms with Gasteiger partial charge < -0.3 is 5.32 Å². The summed E-state index contributed by atoms with van der Waals surface area (Å²) in [4.78, 5) is 2.49. The van der Waals surface area contributed by atoms with E-state index in [1.807, 2.05) is 10.9 Å². The number of hydrogen-bond donors (Lipinski definition) is 1. The Morgan fingerprint density at radius 1 is 1.56 bits per heavy atom. The van der Waals surface area contributed by atoms with Crippen LogP contribution < -0.4 is 5.32 Å². The predicted molar refractivity (Wildman–Crippen MR) is 65.4 cm³/mol. The van der Waals surface area contributed by atoms with Crippen molar-refractivity contribution in [1.82, 2.24) is 20.0 Å². The van der Waals surface area contributed by atoms with Crippen LogP contribution in [-0.4, -0.2) is 40.4 Å². The van der Waals surface area contributed by atoms with Gasteiger partial charge in [0, 0.05) is 50.0 Å². The maximum absolute atomic E-state index is 4.37. The zero-order chi connectivity index (χ0) is 11.5. The quantitative estimate of drug-likeness (QED) is 0.836. The minimum absolute atomic E-state index is 0.454. The molecule has 16 heavy (non-hydrogen) atoms. The molecule has 1 saturated heterocycles. The molecule has 0 aromatic carbocycles. The third-order valence-electron chi connectivity index (χ3n) is 3.04. The van der Waals surface area contributed by atoms with E-state index in [1.54, 1.807) is 0 Å². The summed E-state index contributed by atoms with van der Waals surface area (Å²) < 4.78 is 2.03. The monoisotopic (exact) mass is 222 g/mol. The summed E-state index contributed by atoms with van der Waals surface area (Å²) in [5, 5.41) is 7.83. The van der Waals surface area contributed by atoms with E-state index in [0.717, 1.165) is 26.2 Å². The molecule has 90 valence electrons. The van der Waals surface area contributed by atoms with Crippen LogP contribution in [0.25, 0.3) is 0 Å². The largest absolute Gasteiger partial charge is 0.312 e. The Morgan fingerprint density at radius 3 is 3.00 bits per heavy atom. The summed E-state index contributed by atoms with van der Waals surface area (Å²) in [6.07, 6.45) is 4.16. The van der Waals surface area contributed by atoms with E-state index >= 15 is 0 Å². The van der Waals surface area contributed by atoms with Crippen LogP contribution in [0.5, 0.6) is 0 Å². The van der Waals surface area contributed by atoms with Crippen LogP contribution in [0.2, 0.25) is 0 Å². The first-order valence-electron chi connectivity index (χ1n) is 6.14. The van der Waals surface area contributed by atoms with Gasteiger partial charge in [-0.2, -0.15) is 5.10 Å². The first kappa shape index (κ1) is 11.6. The molecule has 1 aliphatic heterocycles. The highest BCUT2D eigenvalue weighted by Crippen LogP contribution is 2.09. The average molecular weight is 222 g/mol. The molecule has 2 heterocycles. The standard InChI is InChI=1S/C12H22N4/c1-10(2)16-9-12(6-14-16)8-15-5-4-13-11(3)7-15/h6,9-11,13H,4-5,7-8H2,1-3H3/t11-/m0/s1. The molecule has 1 N–H and O–H groups in total. The summed E-state index contributed by atoms with van der Waals surface area (Å²) in [6, 6.07) is 1.06. The highest BCUT2D eigenvalue weighted by molar-refractivity contribution is 5.04. The Kier molecular flexibility index (Phi) is 3.61. The van der Waals surface area contributed by atoms with E-state index < -0.39 is 0 Å². The molecule has 0 amide bonds. The Hall–Kier alpha value is -0.870. The fourth-order valence-electron chi connectivity index (χ4n) is 2.16. The molecular weight excluding hydrogens is 200 g/mol. The van der Waals surface area contributed by atoms with Crippen LogP contribution in [0.4, 0.5) is 0 Å². The van der Waals surface area contributed by atoms with Gasteiger partial charge in [-0.15, -0.1) is 0 Å². The van der Waals surface area contributed by atoms with Gasteiger partial charge in [0.1, 0.15) is 0 Å². The van der Waals surface area contributed by atoms with Crippen LogP contribution in [0.1, 0.15) is 32.4 Å². The maximum Gasteiger partial charge on any atom is 0.0534 e. The molecule has 1 atom stereocenters. The molecule has 1 aromatic heterocycles. The Labute approximate surface area is 97.6 Å². The van der Waals surface area contributed by atoms with Crippen molar-refractivity contribution in [3.05, 3.63) is 18.0 Å². The Bertz CT molecular complexity index is 332. The van der Waals surface area contributed by atoms with Crippen LogP contribution in [0.3, 0.4) is 0 Å². The summed E-state index contributed by atoms with van der Waals surface area (Å²) >= 11 is 0. The lowest BCUT2D eigenvalue weighted by molar-refractivity contribution is 0.199. The van der Waals surface area contributed by atoms with E-state index in [2.05, 4.69) is 42.3 Å². The van der Waals surface area contributed by atoms with E-state index in [-0.39, 0.29) is 0 Å². The lowest BCUT2D eigenvalue weighted by atomic mass is 10.2. The van der Waals surface area contributed by atoms with Crippen molar-refractivity contribution in [3.8, 4) is 0 Å². The fraction of sp³-hybridized carbons (Fsp3) is 0.750. The number of piperazine rings is 1. The number of nitrogens with zero attached hydrogens (tertiary/aromatic N) is 3. The van der Waals surface area contributed by atoms with Gasteiger partial charge in [0.05, 0.1) is 6.20 Å². The van der Waals surface area contributed by atoms with Gasteiger partial charge >= 0.3 is 0 Å². The minimum Gasteiger partial charge on any atom is -0.312 e. The Morgan fingerprint density at radius 2 is 2.38 bits per heavy atom. The second-order valence-corrected chi connectivity index (χ2v) is 5.01. The maximum atomic E-state index is 4.37. The molecule has 4 heteroatoms. The van der Waals surface area contributed by atoms with Gasteiger partial charge in [-0.25, -0.2) is 0 Å². The van der Waals surface area contributed by atoms with E-state index in [9.17, 15) is 0 Å². The summed E-state index contributed by atoms with van der Waals surface area (Å²) in [7, 11) is 0. The van der Waals surface area contributed by atoms with Crippen LogP contribution >= 0.6 is 0 Å². The normalized spacial score (nSPS) is 22.9. The van der Waals surface area contributed by atoms with Crippen molar-refractivity contribution in [3.63, 3.8) is 0 Å². The van der Waals surface area contributed by atoms with Gasteiger partial charge in [-0.05, 0) is 20.8 Å². The molecule has 2 rings (SSSR count). The van der Waals surface area contributed by atoms with Gasteiger partial charge in [0.15, 0.2) is 0 Å². The zero-order valence-electron chi connectivity index (χ0n) is 10.5. The second-order valence-electron chi connectivity index (χ2n) is 5.01. The number of nitrogens with one attached hydrogen (secondary N) is 1. The van der Waals surface area contributed by atoms with Crippen LogP contribution in [-0.2, 0) is 6.54 Å². The topological polar surface area (TPSA) is 33.1 Å². The first-order valence-corrected chi connectivity index (χ1v) is 6.14. The lowest BCUT2D eigenvalue weighted by Crippen LogP contribution is -2.48. The van der Waals surface area contributed by atoms with Crippen molar-refractivity contribution >= 4 is 0 Å². The van der Waals surface area contributed by atoms with Crippen molar-refractivity contribution in [1.29, 1.82) is 0 Å². The first-order chi connectivity index (χ1) is 7.65. The molecule has 0 saturated carbocycles. The zero-order valence-corrected chi connectivity index (χ0v) is 10.5. The third kappa shape index (κ3) is 2.83. The van der Waals surface area contributed by atoms with Gasteiger partial charge in [0.25, 0.3) is 0 Å². The molecule has 1 fully saturated rings. The molecule has 1 aromatic rings. The lowest BCUT2D eigenvalue weighted by Gasteiger charge is -2.31. The number of aromatic nitrogens is 2. The number of rotatable bonds is 3. The Balaban J connectivity index is 1.92. The molecular formula is C12H22N4. The SMILES string of the molecule is CC(C)n1cc(CN2CCN[C@@H](C)C2)cn1. The molecule has 1 aliphatic rings. The van der Waals surface area contributed by atoms with E-state index in [0.29, 0.717) is 12.1 Å². The van der Waals surface area contributed by atoms with Gasteiger partial charge in [0.2, 0.25) is 0 Å². The summed E-state index contributed by atoms with van der Waals surface area (Å²) in [5.74, 6) is 0. The van der Waals surface area contributed by atoms with Crippen molar-refractivity contribution < 1.29 is 0 Å². The second kappa shape index (κ2) is 4.97. The molecule has 4 nitrogen and oxygen atoms in total. The van der Waals surface area contributed by atoms with Gasteiger partial charge in [-0.3, -0.25) is 9.58 Å². The van der Waals surface area contributed by atoms with Crippen LogP contribution in [0, 0.1) is 0 Å². The molecule has 0 unspecified atom stereocenters. The fourth-order valence-corrected chi connectivity index (χ4v) is 2.16. The molecule has 0 aliphatic carbocycles.